The van der Waals surface area contributed by atoms with E-state index in [1.54, 1.807) is 32.4 Å². The molecule has 0 unspecified atom stereocenters. The number of aryl methyl sites for hydroxylation is 1. The van der Waals surface area contributed by atoms with Crippen molar-refractivity contribution in [1.82, 2.24) is 9.97 Å². The Hall–Kier alpha value is -3.61. The smallest absolute Gasteiger partial charge is 0.258 e. The van der Waals surface area contributed by atoms with E-state index in [1.807, 2.05) is 31.2 Å². The standard InChI is InChI=1S/C21H22N4O3/c1-4-14-7-5-6-8-17(14)24-20(26)15-12-22-21(23-13-15)25-18-11-16(27-2)9-10-19(18)28-3/h5-13H,4H2,1-3H3,(H,24,26)(H,22,23,25). The molecule has 3 aromatic rings. The third-order valence-electron chi connectivity index (χ3n) is 4.21. The number of benzene rings is 2. The molecule has 0 aliphatic carbocycles. The van der Waals surface area contributed by atoms with Crippen molar-refractivity contribution in [2.45, 2.75) is 13.3 Å². The number of methoxy groups -OCH3 is 2. The predicted molar refractivity (Wildman–Crippen MR) is 109 cm³/mol. The van der Waals surface area contributed by atoms with Crippen LogP contribution in [0.25, 0.3) is 0 Å². The Kier molecular flexibility index (Phi) is 6.06. The van der Waals surface area contributed by atoms with Gasteiger partial charge in [0.05, 0.1) is 25.5 Å². The normalized spacial score (nSPS) is 10.2. The van der Waals surface area contributed by atoms with Crippen molar-refractivity contribution >= 4 is 23.2 Å². The molecule has 3 rings (SSSR count). The van der Waals surface area contributed by atoms with Crippen molar-refractivity contribution < 1.29 is 14.3 Å². The largest absolute Gasteiger partial charge is 0.497 e. The summed E-state index contributed by atoms with van der Waals surface area (Å²) in [6.45, 7) is 2.04. The van der Waals surface area contributed by atoms with Gasteiger partial charge in [-0.1, -0.05) is 25.1 Å². The van der Waals surface area contributed by atoms with Crippen LogP contribution in [0.5, 0.6) is 11.5 Å². The van der Waals surface area contributed by atoms with Crippen LogP contribution in [0.4, 0.5) is 17.3 Å². The lowest BCUT2D eigenvalue weighted by atomic mass is 10.1. The van der Waals surface area contributed by atoms with Gasteiger partial charge < -0.3 is 20.1 Å². The third-order valence-corrected chi connectivity index (χ3v) is 4.21. The molecule has 2 N–H and O–H groups in total. The zero-order chi connectivity index (χ0) is 19.9. The molecular weight excluding hydrogens is 356 g/mol. The van der Waals surface area contributed by atoms with E-state index in [0.29, 0.717) is 28.7 Å². The van der Waals surface area contributed by atoms with E-state index in [4.69, 9.17) is 9.47 Å². The number of carbonyl (C=O) groups is 1. The lowest BCUT2D eigenvalue weighted by molar-refractivity contribution is 0.102. The van der Waals surface area contributed by atoms with Gasteiger partial charge in [0.15, 0.2) is 0 Å². The Bertz CT molecular complexity index is 958. The Morgan fingerprint density at radius 2 is 1.75 bits per heavy atom. The second-order valence-corrected chi connectivity index (χ2v) is 5.95. The van der Waals surface area contributed by atoms with Crippen molar-refractivity contribution in [3.8, 4) is 11.5 Å². The Morgan fingerprint density at radius 1 is 1.00 bits per heavy atom. The fourth-order valence-corrected chi connectivity index (χ4v) is 2.69. The number of carbonyl (C=O) groups excluding carboxylic acids is 1. The fraction of sp³-hybridized carbons (Fsp3) is 0.190. The minimum Gasteiger partial charge on any atom is -0.497 e. The van der Waals surface area contributed by atoms with Crippen molar-refractivity contribution in [3.63, 3.8) is 0 Å². The Labute approximate surface area is 163 Å². The number of anilines is 3. The molecule has 2 aromatic carbocycles. The Morgan fingerprint density at radius 3 is 2.43 bits per heavy atom. The molecule has 7 nitrogen and oxygen atoms in total. The minimum atomic E-state index is -0.258. The lowest BCUT2D eigenvalue weighted by Gasteiger charge is -2.12. The van der Waals surface area contributed by atoms with Gasteiger partial charge in [0.2, 0.25) is 5.95 Å². The molecule has 0 spiro atoms. The van der Waals surface area contributed by atoms with Crippen LogP contribution in [0.2, 0.25) is 0 Å². The van der Waals surface area contributed by atoms with Crippen LogP contribution in [-0.4, -0.2) is 30.1 Å². The zero-order valence-corrected chi connectivity index (χ0v) is 16.0. The number of nitrogens with one attached hydrogen (secondary N) is 2. The quantitative estimate of drug-likeness (QED) is 0.645. The van der Waals surface area contributed by atoms with E-state index in [9.17, 15) is 4.79 Å². The summed E-state index contributed by atoms with van der Waals surface area (Å²) in [5, 5.41) is 5.98. The molecule has 0 aliphatic rings. The van der Waals surface area contributed by atoms with Crippen molar-refractivity contribution in [1.29, 1.82) is 0 Å². The number of hydrogen-bond acceptors (Lipinski definition) is 6. The highest BCUT2D eigenvalue weighted by molar-refractivity contribution is 6.04. The van der Waals surface area contributed by atoms with E-state index >= 15 is 0 Å². The highest BCUT2D eigenvalue weighted by Crippen LogP contribution is 2.30. The van der Waals surface area contributed by atoms with Crippen molar-refractivity contribution in [3.05, 3.63) is 66.0 Å². The minimum absolute atomic E-state index is 0.258. The van der Waals surface area contributed by atoms with Crippen LogP contribution < -0.4 is 20.1 Å². The van der Waals surface area contributed by atoms with Gasteiger partial charge in [0.1, 0.15) is 11.5 Å². The maximum absolute atomic E-state index is 12.5. The molecule has 0 bridgehead atoms. The predicted octanol–water partition coefficient (Wildman–Crippen LogP) is 4.05. The van der Waals surface area contributed by atoms with Gasteiger partial charge >= 0.3 is 0 Å². The van der Waals surface area contributed by atoms with E-state index < -0.39 is 0 Å². The summed E-state index contributed by atoms with van der Waals surface area (Å²) in [6.07, 6.45) is 3.79. The molecule has 1 heterocycles. The summed E-state index contributed by atoms with van der Waals surface area (Å²) < 4.78 is 10.6. The molecule has 0 saturated carbocycles. The maximum atomic E-state index is 12.5. The summed E-state index contributed by atoms with van der Waals surface area (Å²) in [6, 6.07) is 13.1. The topological polar surface area (TPSA) is 85.4 Å². The van der Waals surface area contributed by atoms with Crippen LogP contribution in [-0.2, 0) is 6.42 Å². The number of amides is 1. The Balaban J connectivity index is 1.74. The van der Waals surface area contributed by atoms with Crippen LogP contribution in [0, 0.1) is 0 Å². The number of para-hydroxylation sites is 1. The number of rotatable bonds is 7. The SMILES string of the molecule is CCc1ccccc1NC(=O)c1cnc(Nc2cc(OC)ccc2OC)nc1. The molecule has 1 aromatic heterocycles. The van der Waals surface area contributed by atoms with Gasteiger partial charge in [0, 0.05) is 24.1 Å². The average molecular weight is 378 g/mol. The second-order valence-electron chi connectivity index (χ2n) is 5.95. The molecule has 0 aliphatic heterocycles. The summed E-state index contributed by atoms with van der Waals surface area (Å²) >= 11 is 0. The first-order chi connectivity index (χ1) is 13.6. The van der Waals surface area contributed by atoms with Gasteiger partial charge in [-0.2, -0.15) is 0 Å². The second kappa shape index (κ2) is 8.85. The number of aromatic nitrogens is 2. The van der Waals surface area contributed by atoms with Gasteiger partial charge in [-0.15, -0.1) is 0 Å². The molecule has 28 heavy (non-hydrogen) atoms. The van der Waals surface area contributed by atoms with Crippen molar-refractivity contribution in [2.24, 2.45) is 0 Å². The molecule has 7 heteroatoms. The summed E-state index contributed by atoms with van der Waals surface area (Å²) in [5.74, 6) is 1.39. The van der Waals surface area contributed by atoms with Gasteiger partial charge in [-0.3, -0.25) is 4.79 Å². The lowest BCUT2D eigenvalue weighted by Crippen LogP contribution is -2.14. The summed E-state index contributed by atoms with van der Waals surface area (Å²) in [7, 11) is 3.17. The fourth-order valence-electron chi connectivity index (χ4n) is 2.69. The third kappa shape index (κ3) is 4.37. The highest BCUT2D eigenvalue weighted by atomic mass is 16.5. The average Bonchev–Trinajstić information content (AvgIpc) is 2.74. The zero-order valence-electron chi connectivity index (χ0n) is 16.0. The molecular formula is C21H22N4O3. The van der Waals surface area contributed by atoms with E-state index in [-0.39, 0.29) is 5.91 Å². The molecule has 144 valence electrons. The van der Waals surface area contributed by atoms with Gasteiger partial charge in [0.25, 0.3) is 5.91 Å². The summed E-state index contributed by atoms with van der Waals surface area (Å²) in [5.41, 5.74) is 2.89. The van der Waals surface area contributed by atoms with E-state index in [2.05, 4.69) is 20.6 Å². The highest BCUT2D eigenvalue weighted by Gasteiger charge is 2.11. The first kappa shape index (κ1) is 19.2. The van der Waals surface area contributed by atoms with E-state index in [1.165, 1.54) is 12.4 Å². The monoisotopic (exact) mass is 378 g/mol. The van der Waals surface area contributed by atoms with E-state index in [0.717, 1.165) is 17.7 Å². The molecule has 0 atom stereocenters. The van der Waals surface area contributed by atoms with Crippen molar-refractivity contribution in [2.75, 3.05) is 24.9 Å². The summed E-state index contributed by atoms with van der Waals surface area (Å²) in [4.78, 5) is 20.9. The molecule has 1 amide bonds. The number of hydrogen-bond donors (Lipinski definition) is 2. The molecule has 0 radical (unpaired) electrons. The van der Waals surface area contributed by atoms with Crippen LogP contribution in [0.3, 0.4) is 0 Å². The van der Waals surface area contributed by atoms with Crippen LogP contribution in [0.1, 0.15) is 22.8 Å². The van der Waals surface area contributed by atoms with Crippen LogP contribution >= 0.6 is 0 Å². The maximum Gasteiger partial charge on any atom is 0.258 e. The first-order valence-electron chi connectivity index (χ1n) is 8.85. The molecule has 0 fully saturated rings. The van der Waals surface area contributed by atoms with Gasteiger partial charge in [-0.05, 0) is 30.2 Å². The number of nitrogens with zero attached hydrogens (tertiary/aromatic N) is 2. The van der Waals surface area contributed by atoms with Gasteiger partial charge in [-0.25, -0.2) is 9.97 Å². The number of ether oxygens (including phenoxy) is 2. The molecule has 0 saturated heterocycles. The van der Waals surface area contributed by atoms with Crippen LogP contribution in [0.15, 0.2) is 54.9 Å². The first-order valence-corrected chi connectivity index (χ1v) is 8.85.